The lowest BCUT2D eigenvalue weighted by Crippen LogP contribution is -2.30. The molecule has 2 aromatic heterocycles. The number of nitrogens with zero attached hydrogens (tertiary/aromatic N) is 2. The Morgan fingerprint density at radius 2 is 1.39 bits per heavy atom. The lowest BCUT2D eigenvalue weighted by atomic mass is 9.92. The number of aryl methyl sites for hydroxylation is 3. The number of nitriles is 1. The fraction of sp³-hybridized carbons (Fsp3) is 0.0909. The zero-order valence-electron chi connectivity index (χ0n) is 20.5. The highest BCUT2D eigenvalue weighted by Crippen LogP contribution is 2.42. The highest BCUT2D eigenvalue weighted by molar-refractivity contribution is 6.14. The molecule has 0 atom stereocenters. The first-order valence-corrected chi connectivity index (χ1v) is 12.1. The zero-order chi connectivity index (χ0) is 24.8. The monoisotopic (exact) mass is 465 g/mol. The molecule has 0 aliphatic carbocycles. The van der Waals surface area contributed by atoms with Crippen molar-refractivity contribution in [3.63, 3.8) is 0 Å². The number of aromatic nitrogens is 1. The second kappa shape index (κ2) is 8.52. The fourth-order valence-corrected chi connectivity index (χ4v) is 5.19. The summed E-state index contributed by atoms with van der Waals surface area (Å²) < 4.78 is 8.83. The van der Waals surface area contributed by atoms with Crippen molar-refractivity contribution in [2.45, 2.75) is 13.8 Å². The minimum absolute atomic E-state index is 0.605. The molecule has 6 aromatic rings. The van der Waals surface area contributed by atoms with Crippen molar-refractivity contribution in [2.75, 3.05) is 0 Å². The Morgan fingerprint density at radius 3 is 2.14 bits per heavy atom. The normalized spacial score (nSPS) is 11.2. The molecule has 0 radical (unpaired) electrons. The van der Waals surface area contributed by atoms with Crippen LogP contribution in [-0.4, -0.2) is 0 Å². The second-order valence-electron chi connectivity index (χ2n) is 9.31. The predicted molar refractivity (Wildman–Crippen MR) is 145 cm³/mol. The van der Waals surface area contributed by atoms with Gasteiger partial charge in [-0.15, -0.1) is 0 Å². The van der Waals surface area contributed by atoms with Crippen LogP contribution in [0.15, 0.2) is 102 Å². The summed E-state index contributed by atoms with van der Waals surface area (Å²) in [6.45, 7) is 4.23. The number of pyridine rings is 1. The molecule has 4 aromatic carbocycles. The van der Waals surface area contributed by atoms with Crippen LogP contribution in [-0.2, 0) is 7.05 Å². The number of furan rings is 1. The summed E-state index contributed by atoms with van der Waals surface area (Å²) in [4.78, 5) is 0. The van der Waals surface area contributed by atoms with Crippen LogP contribution in [0.1, 0.15) is 16.7 Å². The first-order valence-electron chi connectivity index (χ1n) is 12.1. The molecule has 0 unspecified atom stereocenters. The van der Waals surface area contributed by atoms with Crippen molar-refractivity contribution < 1.29 is 8.98 Å². The van der Waals surface area contributed by atoms with E-state index in [4.69, 9.17) is 4.42 Å². The number of hydrogen-bond donors (Lipinski definition) is 0. The van der Waals surface area contributed by atoms with E-state index in [2.05, 4.69) is 85.1 Å². The van der Waals surface area contributed by atoms with E-state index < -0.39 is 0 Å². The molecule has 0 saturated carbocycles. The highest BCUT2D eigenvalue weighted by Gasteiger charge is 2.23. The van der Waals surface area contributed by atoms with Gasteiger partial charge >= 0.3 is 0 Å². The summed E-state index contributed by atoms with van der Waals surface area (Å²) >= 11 is 0. The Labute approximate surface area is 210 Å². The molecule has 0 aliphatic rings. The van der Waals surface area contributed by atoms with E-state index in [1.807, 2.05) is 43.6 Å². The molecule has 0 saturated heterocycles. The molecule has 2 heterocycles. The van der Waals surface area contributed by atoms with Gasteiger partial charge in [-0.1, -0.05) is 54.6 Å². The van der Waals surface area contributed by atoms with Crippen LogP contribution >= 0.6 is 0 Å². The Bertz CT molecular complexity index is 1820. The molecule has 36 heavy (non-hydrogen) atoms. The van der Waals surface area contributed by atoms with E-state index in [9.17, 15) is 5.26 Å². The lowest BCUT2D eigenvalue weighted by molar-refractivity contribution is -0.660. The summed E-state index contributed by atoms with van der Waals surface area (Å²) in [5.41, 5.74) is 10.8. The molecule has 0 N–H and O–H groups in total. The van der Waals surface area contributed by atoms with Gasteiger partial charge in [-0.3, -0.25) is 0 Å². The van der Waals surface area contributed by atoms with Crippen molar-refractivity contribution in [1.29, 1.82) is 5.26 Å². The van der Waals surface area contributed by atoms with Gasteiger partial charge in [0.2, 0.25) is 5.69 Å². The van der Waals surface area contributed by atoms with Crippen molar-refractivity contribution in [2.24, 2.45) is 7.05 Å². The topological polar surface area (TPSA) is 40.8 Å². The van der Waals surface area contributed by atoms with Crippen molar-refractivity contribution in [1.82, 2.24) is 0 Å². The fourth-order valence-electron chi connectivity index (χ4n) is 5.19. The predicted octanol–water partition coefficient (Wildman–Crippen LogP) is 7.90. The van der Waals surface area contributed by atoms with Crippen molar-refractivity contribution in [3.8, 4) is 39.6 Å². The van der Waals surface area contributed by atoms with Crippen LogP contribution in [0.4, 0.5) is 0 Å². The summed E-state index contributed by atoms with van der Waals surface area (Å²) in [5.74, 6) is 0. The lowest BCUT2D eigenvalue weighted by Gasteiger charge is -2.11. The van der Waals surface area contributed by atoms with Crippen LogP contribution in [0.2, 0.25) is 0 Å². The quantitative estimate of drug-likeness (QED) is 0.249. The molecule has 172 valence electrons. The van der Waals surface area contributed by atoms with Gasteiger partial charge in [0.25, 0.3) is 0 Å². The molecule has 3 nitrogen and oxygen atoms in total. The van der Waals surface area contributed by atoms with Crippen LogP contribution in [0.3, 0.4) is 0 Å². The van der Waals surface area contributed by atoms with Gasteiger partial charge in [0.1, 0.15) is 18.2 Å². The third kappa shape index (κ3) is 3.39. The van der Waals surface area contributed by atoms with Crippen LogP contribution in [0.5, 0.6) is 0 Å². The van der Waals surface area contributed by atoms with E-state index in [1.54, 1.807) is 0 Å². The number of benzene rings is 4. The third-order valence-corrected chi connectivity index (χ3v) is 7.06. The summed E-state index contributed by atoms with van der Waals surface area (Å²) in [7, 11) is 2.05. The molecule has 0 amide bonds. The molecule has 6 rings (SSSR count). The maximum Gasteiger partial charge on any atom is 0.216 e. The minimum Gasteiger partial charge on any atom is -0.454 e. The minimum atomic E-state index is 0.605. The van der Waals surface area contributed by atoms with Gasteiger partial charge in [-0.25, -0.2) is 4.57 Å². The Kier molecular flexibility index (Phi) is 5.16. The third-order valence-electron chi connectivity index (χ3n) is 7.06. The zero-order valence-corrected chi connectivity index (χ0v) is 20.5. The first kappa shape index (κ1) is 21.8. The van der Waals surface area contributed by atoms with E-state index in [0.29, 0.717) is 5.56 Å². The molecule has 0 spiro atoms. The first-order chi connectivity index (χ1) is 17.6. The largest absolute Gasteiger partial charge is 0.454 e. The molecule has 0 aliphatic heterocycles. The van der Waals surface area contributed by atoms with Gasteiger partial charge in [-0.05, 0) is 65.9 Å². The van der Waals surface area contributed by atoms with Crippen molar-refractivity contribution in [3.05, 3.63) is 114 Å². The summed E-state index contributed by atoms with van der Waals surface area (Å²) in [5, 5.41) is 12.1. The number of rotatable bonds is 3. The Morgan fingerprint density at radius 1 is 0.694 bits per heavy atom. The van der Waals surface area contributed by atoms with Gasteiger partial charge in [0, 0.05) is 28.5 Å². The average Bonchev–Trinajstić information content (AvgIpc) is 3.28. The molecular weight excluding hydrogens is 440 g/mol. The van der Waals surface area contributed by atoms with E-state index >= 15 is 0 Å². The van der Waals surface area contributed by atoms with Gasteiger partial charge < -0.3 is 4.42 Å². The second-order valence-corrected chi connectivity index (χ2v) is 9.31. The van der Waals surface area contributed by atoms with E-state index in [-0.39, 0.29) is 0 Å². The Hall–Kier alpha value is -4.68. The van der Waals surface area contributed by atoms with Crippen LogP contribution in [0, 0.1) is 25.2 Å². The molecule has 0 bridgehead atoms. The summed E-state index contributed by atoms with van der Waals surface area (Å²) in [6, 6.07) is 33.6. The molecule has 0 fully saturated rings. The van der Waals surface area contributed by atoms with Crippen LogP contribution < -0.4 is 4.57 Å². The number of fused-ring (bicyclic) bond motifs is 3. The number of hydrogen-bond acceptors (Lipinski definition) is 2. The van der Waals surface area contributed by atoms with Crippen LogP contribution in [0.25, 0.3) is 55.4 Å². The van der Waals surface area contributed by atoms with E-state index in [0.717, 1.165) is 61.0 Å². The van der Waals surface area contributed by atoms with Crippen molar-refractivity contribution >= 4 is 21.9 Å². The molecular formula is C33H25N2O+. The standard InChI is InChI=1S/C33H25N2O/c1-21-12-14-24(19-28(21)23-9-5-4-6-10-23)31-25(20-34)15-17-27-26-16-13-22(2)30(32(26)36-33(27)31)29-11-7-8-18-35(29)3/h4-19H,1-3H3/q+1. The van der Waals surface area contributed by atoms with Gasteiger partial charge in [0.15, 0.2) is 6.20 Å². The highest BCUT2D eigenvalue weighted by atomic mass is 16.3. The van der Waals surface area contributed by atoms with Gasteiger partial charge in [-0.2, -0.15) is 5.26 Å². The average molecular weight is 466 g/mol. The van der Waals surface area contributed by atoms with E-state index in [1.165, 1.54) is 5.56 Å². The maximum absolute atomic E-state index is 10.1. The maximum atomic E-state index is 10.1. The summed E-state index contributed by atoms with van der Waals surface area (Å²) in [6.07, 6.45) is 2.05. The SMILES string of the molecule is Cc1ccc(-c2c(C#N)ccc3c2oc2c(-c4cccc[n+]4C)c(C)ccc23)cc1-c1ccccc1. The smallest absolute Gasteiger partial charge is 0.216 e. The molecule has 3 heteroatoms. The Balaban J connectivity index is 1.68. The van der Waals surface area contributed by atoms with Gasteiger partial charge in [0.05, 0.1) is 17.2 Å².